The summed E-state index contributed by atoms with van der Waals surface area (Å²) in [6.07, 6.45) is 2.26. The van der Waals surface area contributed by atoms with Gasteiger partial charge in [0.25, 0.3) is 5.91 Å². The molecule has 3 heteroatoms. The maximum absolute atomic E-state index is 12.6. The number of carbonyl (C=O) groups excluding carboxylic acids is 1. The molecule has 25 heavy (non-hydrogen) atoms. The predicted octanol–water partition coefficient (Wildman–Crippen LogP) is 4.55. The fourth-order valence-corrected chi connectivity index (χ4v) is 3.86. The number of fused-ring (bicyclic) bond motifs is 1. The van der Waals surface area contributed by atoms with Crippen molar-refractivity contribution in [3.05, 3.63) is 70.4 Å². The Kier molecular flexibility index (Phi) is 3.68. The SMILES string of the molecule is Cc1ccc(C(=O)NCC2(c3c(C)[nH]c4ccccc34)CC2)cc1C. The van der Waals surface area contributed by atoms with E-state index in [4.69, 9.17) is 0 Å². The van der Waals surface area contributed by atoms with Gasteiger partial charge in [0.1, 0.15) is 0 Å². The second-order valence-electron chi connectivity index (χ2n) is 7.43. The third-order valence-electron chi connectivity index (χ3n) is 5.63. The lowest BCUT2D eigenvalue weighted by Gasteiger charge is -2.17. The first kappa shape index (κ1) is 15.9. The standard InChI is InChI=1S/C22H24N2O/c1-14-8-9-17(12-15(14)2)21(25)23-13-22(10-11-22)20-16(3)24-19-7-5-4-6-18(19)20/h4-9,12,24H,10-11,13H2,1-3H3,(H,23,25). The number of rotatable bonds is 4. The number of aromatic nitrogens is 1. The minimum Gasteiger partial charge on any atom is -0.358 e. The summed E-state index contributed by atoms with van der Waals surface area (Å²) in [7, 11) is 0. The molecule has 1 heterocycles. The van der Waals surface area contributed by atoms with Crippen LogP contribution in [0.25, 0.3) is 10.9 Å². The van der Waals surface area contributed by atoms with Crippen molar-refractivity contribution >= 4 is 16.8 Å². The van der Waals surface area contributed by atoms with Crippen LogP contribution < -0.4 is 5.32 Å². The van der Waals surface area contributed by atoms with Crippen LogP contribution in [0.5, 0.6) is 0 Å². The second kappa shape index (κ2) is 5.76. The Bertz CT molecular complexity index is 963. The molecule has 1 amide bonds. The number of amides is 1. The summed E-state index contributed by atoms with van der Waals surface area (Å²) in [6.45, 7) is 6.95. The van der Waals surface area contributed by atoms with Crippen LogP contribution in [0, 0.1) is 20.8 Å². The van der Waals surface area contributed by atoms with E-state index in [2.05, 4.69) is 48.4 Å². The highest BCUT2D eigenvalue weighted by molar-refractivity contribution is 5.94. The molecule has 1 aliphatic rings. The zero-order valence-electron chi connectivity index (χ0n) is 15.1. The van der Waals surface area contributed by atoms with E-state index in [0.29, 0.717) is 6.54 Å². The molecular weight excluding hydrogens is 308 g/mol. The molecular formula is C22H24N2O. The van der Waals surface area contributed by atoms with E-state index in [1.807, 2.05) is 25.1 Å². The lowest BCUT2D eigenvalue weighted by Crippen LogP contribution is -2.32. The molecule has 3 nitrogen and oxygen atoms in total. The zero-order chi connectivity index (χ0) is 17.6. The summed E-state index contributed by atoms with van der Waals surface area (Å²) >= 11 is 0. The Morgan fingerprint density at radius 2 is 1.84 bits per heavy atom. The van der Waals surface area contributed by atoms with Gasteiger partial charge < -0.3 is 10.3 Å². The minimum absolute atomic E-state index is 0.0202. The van der Waals surface area contributed by atoms with Crippen LogP contribution in [-0.4, -0.2) is 17.4 Å². The Hall–Kier alpha value is -2.55. The first-order chi connectivity index (χ1) is 12.0. The van der Waals surface area contributed by atoms with Crippen LogP contribution in [0.4, 0.5) is 0 Å². The largest absolute Gasteiger partial charge is 0.358 e. The van der Waals surface area contributed by atoms with E-state index in [1.165, 1.54) is 27.7 Å². The fourth-order valence-electron chi connectivity index (χ4n) is 3.86. The minimum atomic E-state index is 0.0202. The number of aromatic amines is 1. The van der Waals surface area contributed by atoms with Crippen LogP contribution in [0.1, 0.15) is 45.6 Å². The number of H-pyrrole nitrogens is 1. The molecule has 1 fully saturated rings. The Labute approximate surface area is 148 Å². The van der Waals surface area contributed by atoms with Crippen molar-refractivity contribution in [1.29, 1.82) is 0 Å². The van der Waals surface area contributed by atoms with Crippen molar-refractivity contribution in [2.24, 2.45) is 0 Å². The molecule has 1 saturated carbocycles. The van der Waals surface area contributed by atoms with Crippen molar-refractivity contribution in [1.82, 2.24) is 10.3 Å². The molecule has 128 valence electrons. The number of aryl methyl sites for hydroxylation is 3. The van der Waals surface area contributed by atoms with Crippen LogP contribution in [0.3, 0.4) is 0 Å². The number of nitrogens with one attached hydrogen (secondary N) is 2. The van der Waals surface area contributed by atoms with Gasteiger partial charge in [0, 0.05) is 34.1 Å². The average Bonchev–Trinajstić information content (AvgIpc) is 3.30. The van der Waals surface area contributed by atoms with E-state index >= 15 is 0 Å². The van der Waals surface area contributed by atoms with Gasteiger partial charge in [0.2, 0.25) is 0 Å². The van der Waals surface area contributed by atoms with Gasteiger partial charge in [-0.3, -0.25) is 4.79 Å². The van der Waals surface area contributed by atoms with Crippen molar-refractivity contribution in [2.45, 2.75) is 39.0 Å². The number of carbonyl (C=O) groups is 1. The quantitative estimate of drug-likeness (QED) is 0.723. The highest BCUT2D eigenvalue weighted by Crippen LogP contribution is 2.51. The molecule has 3 aromatic rings. The summed E-state index contributed by atoms with van der Waals surface area (Å²) in [5.41, 5.74) is 6.98. The molecule has 0 atom stereocenters. The second-order valence-corrected chi connectivity index (χ2v) is 7.43. The van der Waals surface area contributed by atoms with Gasteiger partial charge in [0.05, 0.1) is 0 Å². The molecule has 0 saturated heterocycles. The monoisotopic (exact) mass is 332 g/mol. The number of hydrogen-bond acceptors (Lipinski definition) is 1. The molecule has 2 N–H and O–H groups in total. The van der Waals surface area contributed by atoms with Gasteiger partial charge in [-0.05, 0) is 68.5 Å². The first-order valence-electron chi connectivity index (χ1n) is 8.93. The third kappa shape index (κ3) is 2.74. The number of benzene rings is 2. The van der Waals surface area contributed by atoms with E-state index in [0.717, 1.165) is 24.0 Å². The normalized spacial score (nSPS) is 15.3. The van der Waals surface area contributed by atoms with Crippen molar-refractivity contribution < 1.29 is 4.79 Å². The fraction of sp³-hybridized carbons (Fsp3) is 0.318. The van der Waals surface area contributed by atoms with Crippen LogP contribution in [-0.2, 0) is 5.41 Å². The molecule has 0 aliphatic heterocycles. The first-order valence-corrected chi connectivity index (χ1v) is 8.93. The topological polar surface area (TPSA) is 44.9 Å². The van der Waals surface area contributed by atoms with E-state index in [-0.39, 0.29) is 11.3 Å². The maximum atomic E-state index is 12.6. The molecule has 0 spiro atoms. The predicted molar refractivity (Wildman–Crippen MR) is 102 cm³/mol. The van der Waals surface area contributed by atoms with Crippen LogP contribution in [0.2, 0.25) is 0 Å². The van der Waals surface area contributed by atoms with Crippen molar-refractivity contribution in [3.8, 4) is 0 Å². The van der Waals surface area contributed by atoms with E-state index in [9.17, 15) is 4.79 Å². The van der Waals surface area contributed by atoms with Gasteiger partial charge in [-0.2, -0.15) is 0 Å². The van der Waals surface area contributed by atoms with Crippen LogP contribution in [0.15, 0.2) is 42.5 Å². The van der Waals surface area contributed by atoms with E-state index in [1.54, 1.807) is 0 Å². The lowest BCUT2D eigenvalue weighted by atomic mass is 9.92. The Balaban J connectivity index is 1.57. The van der Waals surface area contributed by atoms with Crippen LogP contribution >= 0.6 is 0 Å². The van der Waals surface area contributed by atoms with Crippen molar-refractivity contribution in [2.75, 3.05) is 6.54 Å². The highest BCUT2D eigenvalue weighted by Gasteiger charge is 2.46. The Morgan fingerprint density at radius 3 is 2.56 bits per heavy atom. The van der Waals surface area contributed by atoms with Gasteiger partial charge in [-0.25, -0.2) is 0 Å². The zero-order valence-corrected chi connectivity index (χ0v) is 15.1. The summed E-state index contributed by atoms with van der Waals surface area (Å²) in [6, 6.07) is 14.3. The molecule has 1 aromatic heterocycles. The number of para-hydroxylation sites is 1. The maximum Gasteiger partial charge on any atom is 0.251 e. The molecule has 4 rings (SSSR count). The smallest absolute Gasteiger partial charge is 0.251 e. The summed E-state index contributed by atoms with van der Waals surface area (Å²) in [4.78, 5) is 16.1. The summed E-state index contributed by atoms with van der Waals surface area (Å²) in [5.74, 6) is 0.0202. The molecule has 0 bridgehead atoms. The summed E-state index contributed by atoms with van der Waals surface area (Å²) < 4.78 is 0. The highest BCUT2D eigenvalue weighted by atomic mass is 16.1. The lowest BCUT2D eigenvalue weighted by molar-refractivity contribution is 0.0949. The van der Waals surface area contributed by atoms with E-state index < -0.39 is 0 Å². The molecule has 1 aliphatic carbocycles. The third-order valence-corrected chi connectivity index (χ3v) is 5.63. The summed E-state index contributed by atoms with van der Waals surface area (Å²) in [5, 5.41) is 4.47. The molecule has 0 radical (unpaired) electrons. The van der Waals surface area contributed by atoms with Gasteiger partial charge in [-0.15, -0.1) is 0 Å². The Morgan fingerprint density at radius 1 is 1.08 bits per heavy atom. The molecule has 2 aromatic carbocycles. The van der Waals surface area contributed by atoms with Gasteiger partial charge >= 0.3 is 0 Å². The molecule has 0 unspecified atom stereocenters. The average molecular weight is 332 g/mol. The van der Waals surface area contributed by atoms with Crippen molar-refractivity contribution in [3.63, 3.8) is 0 Å². The number of hydrogen-bond donors (Lipinski definition) is 2. The van der Waals surface area contributed by atoms with Gasteiger partial charge in [-0.1, -0.05) is 24.3 Å². The van der Waals surface area contributed by atoms with Gasteiger partial charge in [0.15, 0.2) is 0 Å².